The number of thioether (sulfide) groups is 1. The Labute approximate surface area is 181 Å². The molecule has 0 spiro atoms. The lowest BCUT2D eigenvalue weighted by atomic mass is 9.97. The summed E-state index contributed by atoms with van der Waals surface area (Å²) in [6.07, 6.45) is 0.866. The van der Waals surface area contributed by atoms with Gasteiger partial charge in [0, 0.05) is 6.04 Å². The molecule has 158 valence electrons. The van der Waals surface area contributed by atoms with E-state index in [9.17, 15) is 9.59 Å². The molecule has 6 heteroatoms. The Balaban J connectivity index is 1.79. The highest BCUT2D eigenvalue weighted by Gasteiger charge is 2.18. The summed E-state index contributed by atoms with van der Waals surface area (Å²) >= 11 is 1.31. The fourth-order valence-corrected chi connectivity index (χ4v) is 4.42. The van der Waals surface area contributed by atoms with Gasteiger partial charge in [-0.3, -0.25) is 14.2 Å². The highest BCUT2D eigenvalue weighted by Crippen LogP contribution is 2.23. The predicted octanol–water partition coefficient (Wildman–Crippen LogP) is 4.97. The lowest BCUT2D eigenvalue weighted by Crippen LogP contribution is -2.31. The third-order valence-corrected chi connectivity index (χ3v) is 5.82. The van der Waals surface area contributed by atoms with Gasteiger partial charge in [0.25, 0.3) is 5.56 Å². The van der Waals surface area contributed by atoms with Crippen LogP contribution in [0.25, 0.3) is 10.9 Å². The number of amides is 1. The average Bonchev–Trinajstić information content (AvgIpc) is 2.72. The molecule has 30 heavy (non-hydrogen) atoms. The molecule has 1 heterocycles. The third-order valence-electron chi connectivity index (χ3n) is 4.87. The van der Waals surface area contributed by atoms with Gasteiger partial charge in [-0.05, 0) is 43.9 Å². The van der Waals surface area contributed by atoms with Crippen LogP contribution in [0.1, 0.15) is 51.8 Å². The molecule has 0 saturated carbocycles. The summed E-state index contributed by atoms with van der Waals surface area (Å²) < 4.78 is 1.67. The van der Waals surface area contributed by atoms with Crippen molar-refractivity contribution in [2.75, 3.05) is 5.75 Å². The van der Waals surface area contributed by atoms with Crippen molar-refractivity contribution in [3.05, 3.63) is 70.5 Å². The minimum atomic E-state index is -0.0690. The molecule has 1 atom stereocenters. The van der Waals surface area contributed by atoms with Crippen LogP contribution in [0.5, 0.6) is 0 Å². The fourth-order valence-electron chi connectivity index (χ4n) is 3.48. The van der Waals surface area contributed by atoms with E-state index in [4.69, 9.17) is 0 Å². The summed E-state index contributed by atoms with van der Waals surface area (Å²) in [6, 6.07) is 17.3. The van der Waals surface area contributed by atoms with Crippen LogP contribution in [-0.4, -0.2) is 21.2 Å². The number of fused-ring (bicyclic) bond motifs is 1. The van der Waals surface area contributed by atoms with Crippen molar-refractivity contribution in [2.45, 2.75) is 51.4 Å². The van der Waals surface area contributed by atoms with Crippen molar-refractivity contribution in [1.29, 1.82) is 0 Å². The Bertz CT molecular complexity index is 1060. The summed E-state index contributed by atoms with van der Waals surface area (Å²) in [6.45, 7) is 8.21. The molecule has 0 bridgehead atoms. The van der Waals surface area contributed by atoms with Crippen LogP contribution in [0.4, 0.5) is 0 Å². The first kappa shape index (κ1) is 22.1. The molecule has 0 saturated heterocycles. The van der Waals surface area contributed by atoms with Gasteiger partial charge in [0.05, 0.1) is 22.7 Å². The standard InChI is InChI=1S/C24H29N3O2S/c1-16(2)14-21(18-10-6-5-7-11-18)25-22(28)15-30-24-26-20-13-9-8-12-19(20)23(29)27(24)17(3)4/h5-13,16-17,21H,14-15H2,1-4H3,(H,25,28). The number of benzene rings is 2. The normalized spacial score (nSPS) is 12.5. The minimum absolute atomic E-state index is 0.0313. The van der Waals surface area contributed by atoms with Crippen LogP contribution < -0.4 is 10.9 Å². The Hall–Kier alpha value is -2.60. The van der Waals surface area contributed by atoms with Crippen LogP contribution in [0.15, 0.2) is 64.5 Å². The van der Waals surface area contributed by atoms with Crippen LogP contribution in [0, 0.1) is 5.92 Å². The summed E-state index contributed by atoms with van der Waals surface area (Å²) in [5.74, 6) is 0.600. The molecule has 1 amide bonds. The lowest BCUT2D eigenvalue weighted by molar-refractivity contribution is -0.119. The minimum Gasteiger partial charge on any atom is -0.349 e. The van der Waals surface area contributed by atoms with E-state index in [1.165, 1.54) is 11.8 Å². The van der Waals surface area contributed by atoms with Gasteiger partial charge in [-0.15, -0.1) is 0 Å². The van der Waals surface area contributed by atoms with Gasteiger partial charge in [0.2, 0.25) is 5.91 Å². The van der Waals surface area contributed by atoms with E-state index < -0.39 is 0 Å². The molecular weight excluding hydrogens is 394 g/mol. The van der Waals surface area contributed by atoms with Gasteiger partial charge in [0.15, 0.2) is 5.16 Å². The molecule has 3 rings (SSSR count). The fraction of sp³-hybridized carbons (Fsp3) is 0.375. The first-order valence-corrected chi connectivity index (χ1v) is 11.3. The van der Waals surface area contributed by atoms with Crippen molar-refractivity contribution in [3.8, 4) is 0 Å². The predicted molar refractivity (Wildman–Crippen MR) is 124 cm³/mol. The molecule has 0 aliphatic carbocycles. The van der Waals surface area contributed by atoms with Crippen molar-refractivity contribution < 1.29 is 4.79 Å². The number of hydrogen-bond donors (Lipinski definition) is 1. The topological polar surface area (TPSA) is 64.0 Å². The van der Waals surface area contributed by atoms with Crippen LogP contribution in [0.2, 0.25) is 0 Å². The first-order valence-electron chi connectivity index (χ1n) is 10.3. The summed E-state index contributed by atoms with van der Waals surface area (Å²) in [5, 5.41) is 4.33. The number of nitrogens with zero attached hydrogens (tertiary/aromatic N) is 2. The van der Waals surface area contributed by atoms with E-state index in [1.807, 2.05) is 62.4 Å². The van der Waals surface area contributed by atoms with E-state index in [-0.39, 0.29) is 29.3 Å². The van der Waals surface area contributed by atoms with Gasteiger partial charge in [-0.1, -0.05) is 68.1 Å². The zero-order chi connectivity index (χ0) is 21.7. The van der Waals surface area contributed by atoms with Crippen molar-refractivity contribution in [3.63, 3.8) is 0 Å². The maximum Gasteiger partial charge on any atom is 0.262 e. The number of hydrogen-bond acceptors (Lipinski definition) is 4. The number of carbonyl (C=O) groups is 1. The highest BCUT2D eigenvalue weighted by atomic mass is 32.2. The summed E-state index contributed by atoms with van der Waals surface area (Å²) in [7, 11) is 0. The maximum atomic E-state index is 12.9. The molecule has 5 nitrogen and oxygen atoms in total. The molecule has 1 N–H and O–H groups in total. The van der Waals surface area contributed by atoms with Crippen LogP contribution in [-0.2, 0) is 4.79 Å². The Morgan fingerprint density at radius 1 is 1.03 bits per heavy atom. The molecule has 0 fully saturated rings. The van der Waals surface area contributed by atoms with E-state index >= 15 is 0 Å². The number of para-hydroxylation sites is 1. The number of rotatable bonds is 8. The van der Waals surface area contributed by atoms with Crippen LogP contribution in [0.3, 0.4) is 0 Å². The van der Waals surface area contributed by atoms with Crippen molar-refractivity contribution in [1.82, 2.24) is 14.9 Å². The largest absolute Gasteiger partial charge is 0.349 e. The Kier molecular flexibility index (Phi) is 7.32. The van der Waals surface area contributed by atoms with E-state index in [0.29, 0.717) is 22.0 Å². The SMILES string of the molecule is CC(C)CC(NC(=O)CSc1nc2ccccc2c(=O)n1C(C)C)c1ccccc1. The van der Waals surface area contributed by atoms with E-state index in [0.717, 1.165) is 12.0 Å². The molecule has 0 aliphatic heterocycles. The first-order chi connectivity index (χ1) is 14.4. The second-order valence-corrected chi connectivity index (χ2v) is 9.07. The highest BCUT2D eigenvalue weighted by molar-refractivity contribution is 7.99. The van der Waals surface area contributed by atoms with Gasteiger partial charge >= 0.3 is 0 Å². The number of nitrogens with one attached hydrogen (secondary N) is 1. The number of carbonyl (C=O) groups excluding carboxylic acids is 1. The quantitative estimate of drug-likeness (QED) is 0.410. The molecule has 0 radical (unpaired) electrons. The second kappa shape index (κ2) is 9.94. The lowest BCUT2D eigenvalue weighted by Gasteiger charge is -2.21. The van der Waals surface area contributed by atoms with Gasteiger partial charge in [0.1, 0.15) is 0 Å². The second-order valence-electron chi connectivity index (χ2n) is 8.13. The number of aromatic nitrogens is 2. The van der Waals surface area contributed by atoms with Gasteiger partial charge in [-0.25, -0.2) is 4.98 Å². The smallest absolute Gasteiger partial charge is 0.262 e. The Morgan fingerprint density at radius 2 is 1.70 bits per heavy atom. The Morgan fingerprint density at radius 3 is 2.37 bits per heavy atom. The summed E-state index contributed by atoms with van der Waals surface area (Å²) in [4.78, 5) is 30.4. The zero-order valence-electron chi connectivity index (χ0n) is 18.0. The third kappa shape index (κ3) is 5.30. The molecule has 1 unspecified atom stereocenters. The van der Waals surface area contributed by atoms with Gasteiger partial charge in [-0.2, -0.15) is 0 Å². The van der Waals surface area contributed by atoms with E-state index in [1.54, 1.807) is 10.6 Å². The summed E-state index contributed by atoms with van der Waals surface area (Å²) in [5.41, 5.74) is 1.69. The maximum absolute atomic E-state index is 12.9. The molecule has 2 aromatic carbocycles. The van der Waals surface area contributed by atoms with Crippen LogP contribution >= 0.6 is 11.8 Å². The molecule has 3 aromatic rings. The van der Waals surface area contributed by atoms with Crippen molar-refractivity contribution in [2.24, 2.45) is 5.92 Å². The van der Waals surface area contributed by atoms with E-state index in [2.05, 4.69) is 24.1 Å². The van der Waals surface area contributed by atoms with Crippen molar-refractivity contribution >= 4 is 28.6 Å². The average molecular weight is 424 g/mol. The monoisotopic (exact) mass is 423 g/mol. The zero-order valence-corrected chi connectivity index (χ0v) is 18.8. The molecule has 1 aromatic heterocycles. The molecular formula is C24H29N3O2S. The van der Waals surface area contributed by atoms with Gasteiger partial charge < -0.3 is 5.32 Å². The molecule has 0 aliphatic rings.